The summed E-state index contributed by atoms with van der Waals surface area (Å²) in [6.45, 7) is 4.29. The van der Waals surface area contributed by atoms with Gasteiger partial charge in [0.05, 0.1) is 0 Å². The maximum Gasteiger partial charge on any atom is 0.151 e. The van der Waals surface area contributed by atoms with Crippen LogP contribution < -0.4 is 5.73 Å². The first-order valence-corrected chi connectivity index (χ1v) is 11.2. The van der Waals surface area contributed by atoms with Crippen molar-refractivity contribution in [3.05, 3.63) is 0 Å². The van der Waals surface area contributed by atoms with E-state index < -0.39 is 6.29 Å². The van der Waals surface area contributed by atoms with Gasteiger partial charge in [0.15, 0.2) is 6.29 Å². The molecular weight excluding hydrogens is 346 g/mol. The summed E-state index contributed by atoms with van der Waals surface area (Å²) in [6, 6.07) is 0.101. The summed E-state index contributed by atoms with van der Waals surface area (Å²) in [5.41, 5.74) is 6.10. The Morgan fingerprint density at radius 1 is 0.654 bits per heavy atom. The number of halogens is 1. The average molecular weight is 394 g/mol. The molecule has 0 saturated heterocycles. The molecule has 4 heteroatoms. The van der Waals surface area contributed by atoms with Gasteiger partial charge in [-0.05, 0) is 12.3 Å². The lowest BCUT2D eigenvalue weighted by Gasteiger charge is -2.20. The molecule has 0 aromatic rings. The Labute approximate surface area is 169 Å². The van der Waals surface area contributed by atoms with Gasteiger partial charge in [-0.3, -0.25) is 0 Å². The van der Waals surface area contributed by atoms with Crippen molar-refractivity contribution in [3.63, 3.8) is 0 Å². The predicted molar refractivity (Wildman–Crippen MR) is 117 cm³/mol. The Hall–Kier alpha value is 0.170. The first-order valence-electron chi connectivity index (χ1n) is 11.2. The molecule has 2 atom stereocenters. The molecule has 0 aliphatic rings. The van der Waals surface area contributed by atoms with Gasteiger partial charge in [0, 0.05) is 12.5 Å². The van der Waals surface area contributed by atoms with Crippen molar-refractivity contribution in [2.45, 2.75) is 135 Å². The fourth-order valence-electron chi connectivity index (χ4n) is 3.54. The Morgan fingerprint density at radius 2 is 1.00 bits per heavy atom. The third-order valence-corrected chi connectivity index (χ3v) is 5.45. The van der Waals surface area contributed by atoms with Crippen molar-refractivity contribution in [1.29, 1.82) is 0 Å². The summed E-state index contributed by atoms with van der Waals surface area (Å²) in [5, 5.41) is 18.0. The van der Waals surface area contributed by atoms with Crippen LogP contribution in [-0.2, 0) is 0 Å². The summed E-state index contributed by atoms with van der Waals surface area (Å²) in [7, 11) is 0. The van der Waals surface area contributed by atoms with E-state index in [4.69, 9.17) is 15.9 Å². The standard InChI is InChI=1S/C22H47NO2.ClH/c1-3-4-5-6-7-8-9-10-11-12-13-14-15-16-17-18-21(23)20(2)19-22(24)25;/h20-22,24-25H,3-19,23H2,1-2H3;1H. The summed E-state index contributed by atoms with van der Waals surface area (Å²) >= 11 is 0. The molecule has 0 aromatic heterocycles. The zero-order chi connectivity index (χ0) is 18.8. The Balaban J connectivity index is 0. The minimum absolute atomic E-state index is 0. The van der Waals surface area contributed by atoms with Gasteiger partial charge >= 0.3 is 0 Å². The van der Waals surface area contributed by atoms with Crippen LogP contribution in [0.1, 0.15) is 123 Å². The largest absolute Gasteiger partial charge is 0.368 e. The molecule has 0 rings (SSSR count). The highest BCUT2D eigenvalue weighted by atomic mass is 35.5. The molecule has 0 heterocycles. The van der Waals surface area contributed by atoms with Gasteiger partial charge in [0.25, 0.3) is 0 Å². The van der Waals surface area contributed by atoms with Crippen LogP contribution in [-0.4, -0.2) is 22.5 Å². The van der Waals surface area contributed by atoms with Crippen LogP contribution in [0.3, 0.4) is 0 Å². The molecule has 2 unspecified atom stereocenters. The van der Waals surface area contributed by atoms with Gasteiger partial charge in [-0.25, -0.2) is 0 Å². The number of unbranched alkanes of at least 4 members (excludes halogenated alkanes) is 14. The van der Waals surface area contributed by atoms with Crippen molar-refractivity contribution in [2.75, 3.05) is 0 Å². The predicted octanol–water partition coefficient (Wildman–Crippen LogP) is 6.33. The van der Waals surface area contributed by atoms with Crippen molar-refractivity contribution < 1.29 is 10.2 Å². The summed E-state index contributed by atoms with van der Waals surface area (Å²) < 4.78 is 0. The lowest BCUT2D eigenvalue weighted by atomic mass is 9.93. The molecule has 0 saturated carbocycles. The molecule has 3 nitrogen and oxygen atoms in total. The lowest BCUT2D eigenvalue weighted by molar-refractivity contribution is -0.0566. The minimum atomic E-state index is -1.22. The van der Waals surface area contributed by atoms with Crippen LogP contribution in [0.5, 0.6) is 0 Å². The fourth-order valence-corrected chi connectivity index (χ4v) is 3.54. The van der Waals surface area contributed by atoms with Crippen molar-refractivity contribution in [3.8, 4) is 0 Å². The molecule has 0 aromatic carbocycles. The van der Waals surface area contributed by atoms with E-state index in [9.17, 15) is 0 Å². The summed E-state index contributed by atoms with van der Waals surface area (Å²) in [5.74, 6) is 0.187. The van der Waals surface area contributed by atoms with Crippen LogP contribution in [0.4, 0.5) is 0 Å². The summed E-state index contributed by atoms with van der Waals surface area (Å²) in [6.07, 6.45) is 20.9. The molecule has 0 fully saturated rings. The molecule has 0 bridgehead atoms. The number of rotatable bonds is 19. The van der Waals surface area contributed by atoms with Crippen LogP contribution in [0.2, 0.25) is 0 Å². The van der Waals surface area contributed by atoms with E-state index in [0.717, 1.165) is 6.42 Å². The number of nitrogens with two attached hydrogens (primary N) is 1. The zero-order valence-electron chi connectivity index (χ0n) is 17.6. The van der Waals surface area contributed by atoms with Gasteiger partial charge in [-0.15, -0.1) is 12.4 Å². The second kappa shape index (κ2) is 21.5. The molecular formula is C22H48ClNO2. The Kier molecular flexibility index (Phi) is 23.4. The first kappa shape index (κ1) is 28.4. The van der Waals surface area contributed by atoms with E-state index in [0.29, 0.717) is 6.42 Å². The van der Waals surface area contributed by atoms with E-state index >= 15 is 0 Å². The second-order valence-electron chi connectivity index (χ2n) is 8.10. The number of aliphatic hydroxyl groups excluding tert-OH is 1. The molecule has 4 N–H and O–H groups in total. The number of aliphatic hydroxyl groups is 2. The van der Waals surface area contributed by atoms with Crippen LogP contribution in [0.15, 0.2) is 0 Å². The Morgan fingerprint density at radius 3 is 1.35 bits per heavy atom. The van der Waals surface area contributed by atoms with Crippen LogP contribution >= 0.6 is 12.4 Å². The third kappa shape index (κ3) is 20.5. The maximum atomic E-state index is 8.98. The Bertz CT molecular complexity index is 265. The third-order valence-electron chi connectivity index (χ3n) is 5.45. The smallest absolute Gasteiger partial charge is 0.151 e. The van der Waals surface area contributed by atoms with Crippen molar-refractivity contribution in [2.24, 2.45) is 11.7 Å². The molecule has 0 radical (unpaired) electrons. The molecule has 160 valence electrons. The van der Waals surface area contributed by atoms with Gasteiger partial charge < -0.3 is 15.9 Å². The fraction of sp³-hybridized carbons (Fsp3) is 1.00. The summed E-state index contributed by atoms with van der Waals surface area (Å²) in [4.78, 5) is 0. The topological polar surface area (TPSA) is 66.5 Å². The number of hydrogen-bond donors (Lipinski definition) is 3. The molecule has 26 heavy (non-hydrogen) atoms. The maximum absolute atomic E-state index is 8.98. The lowest BCUT2D eigenvalue weighted by Crippen LogP contribution is -2.30. The highest BCUT2D eigenvalue weighted by Crippen LogP contribution is 2.16. The van der Waals surface area contributed by atoms with E-state index in [2.05, 4.69) is 6.92 Å². The molecule has 0 amide bonds. The quantitative estimate of drug-likeness (QED) is 0.177. The van der Waals surface area contributed by atoms with Gasteiger partial charge in [0.1, 0.15) is 0 Å². The van der Waals surface area contributed by atoms with Gasteiger partial charge in [-0.1, -0.05) is 110 Å². The average Bonchev–Trinajstić information content (AvgIpc) is 2.57. The number of hydrogen-bond acceptors (Lipinski definition) is 3. The first-order chi connectivity index (χ1) is 12.1. The van der Waals surface area contributed by atoms with Crippen LogP contribution in [0, 0.1) is 5.92 Å². The van der Waals surface area contributed by atoms with Gasteiger partial charge in [0.2, 0.25) is 0 Å². The highest BCUT2D eigenvalue weighted by Gasteiger charge is 2.15. The molecule has 0 aliphatic carbocycles. The van der Waals surface area contributed by atoms with Crippen LogP contribution in [0.25, 0.3) is 0 Å². The minimum Gasteiger partial charge on any atom is -0.368 e. The SMILES string of the molecule is CCCCCCCCCCCCCCCCCC(N)C(C)CC(O)O.Cl. The normalized spacial score (nSPS) is 13.6. The molecule has 0 spiro atoms. The second-order valence-corrected chi connectivity index (χ2v) is 8.10. The molecule has 0 aliphatic heterocycles. The van der Waals surface area contributed by atoms with E-state index in [1.807, 2.05) is 6.92 Å². The van der Waals surface area contributed by atoms with Crippen molar-refractivity contribution >= 4 is 12.4 Å². The zero-order valence-corrected chi connectivity index (χ0v) is 18.4. The van der Waals surface area contributed by atoms with E-state index in [1.54, 1.807) is 0 Å². The highest BCUT2D eigenvalue weighted by molar-refractivity contribution is 5.85. The van der Waals surface area contributed by atoms with Gasteiger partial charge in [-0.2, -0.15) is 0 Å². The van der Waals surface area contributed by atoms with E-state index in [1.165, 1.54) is 96.3 Å². The van der Waals surface area contributed by atoms with Crippen molar-refractivity contribution in [1.82, 2.24) is 0 Å². The van der Waals surface area contributed by atoms with E-state index in [-0.39, 0.29) is 24.4 Å². The monoisotopic (exact) mass is 393 g/mol.